The first-order valence-corrected chi connectivity index (χ1v) is 19.5. The summed E-state index contributed by atoms with van der Waals surface area (Å²) < 4.78 is 50.1. The van der Waals surface area contributed by atoms with E-state index in [1.807, 2.05) is 19.1 Å². The lowest BCUT2D eigenvalue weighted by atomic mass is 9.87. The predicted molar refractivity (Wildman–Crippen MR) is 193 cm³/mol. The second-order valence-electron chi connectivity index (χ2n) is 15.0. The van der Waals surface area contributed by atoms with E-state index in [2.05, 4.69) is 25.3 Å². The van der Waals surface area contributed by atoms with Crippen LogP contribution in [0.4, 0.5) is 4.79 Å². The van der Waals surface area contributed by atoms with Gasteiger partial charge in [-0.05, 0) is 63.5 Å². The maximum Gasteiger partial charge on any atom is 0.405 e. The Morgan fingerprint density at radius 3 is 2.54 bits per heavy atom. The minimum Gasteiger partial charge on any atom is -0.496 e. The van der Waals surface area contributed by atoms with Crippen molar-refractivity contribution >= 4 is 44.7 Å². The number of carboxylic acid groups (broad SMARTS) is 1. The van der Waals surface area contributed by atoms with E-state index >= 15 is 0 Å². The second kappa shape index (κ2) is 15.2. The van der Waals surface area contributed by atoms with Crippen molar-refractivity contribution < 1.29 is 51.6 Å². The highest BCUT2D eigenvalue weighted by Gasteiger charge is 2.63. The van der Waals surface area contributed by atoms with Crippen molar-refractivity contribution in [3.63, 3.8) is 0 Å². The molecule has 6 rings (SSSR count). The Hall–Kier alpha value is -4.71. The molecule has 4 amide bonds. The van der Waals surface area contributed by atoms with Crippen molar-refractivity contribution in [1.82, 2.24) is 30.2 Å². The molecule has 0 unspecified atom stereocenters. The Kier molecular flexibility index (Phi) is 11.0. The SMILES string of the molecule is COC[C@@H]1C[C@H](C)CC/C=C\[C@@H]2C[C@@]2(C(=O)NS(=O)(=O)C2(C)CC2)NC(=O)[C@@H]2C[C@@H](Oc3nc(OC)c4c(OC)cccc4n3)CN2C(=O)[C@H]1NC(=O)O. The summed E-state index contributed by atoms with van der Waals surface area (Å²) in [4.78, 5) is 65.1. The first-order valence-electron chi connectivity index (χ1n) is 18.0. The van der Waals surface area contributed by atoms with E-state index in [-0.39, 0.29) is 43.8 Å². The van der Waals surface area contributed by atoms with Crippen LogP contribution >= 0.6 is 0 Å². The molecule has 0 bridgehead atoms. The number of amides is 4. The molecule has 4 N–H and O–H groups in total. The summed E-state index contributed by atoms with van der Waals surface area (Å²) >= 11 is 0. The molecule has 1 aromatic carbocycles. The Labute approximate surface area is 313 Å². The molecule has 3 fully saturated rings. The van der Waals surface area contributed by atoms with E-state index in [1.54, 1.807) is 25.1 Å². The zero-order valence-electron chi connectivity index (χ0n) is 31.0. The Bertz CT molecular complexity index is 1940. The molecule has 3 heterocycles. The topological polar surface area (TPSA) is 225 Å². The van der Waals surface area contributed by atoms with Gasteiger partial charge in [0.2, 0.25) is 27.7 Å². The molecule has 294 valence electrons. The number of methoxy groups -OCH3 is 3. The number of aromatic nitrogens is 2. The maximum absolute atomic E-state index is 14.6. The van der Waals surface area contributed by atoms with Gasteiger partial charge in [-0.3, -0.25) is 19.1 Å². The van der Waals surface area contributed by atoms with Crippen LogP contribution in [0.25, 0.3) is 10.9 Å². The van der Waals surface area contributed by atoms with Crippen LogP contribution in [0.5, 0.6) is 17.6 Å². The smallest absolute Gasteiger partial charge is 0.405 e. The molecule has 0 radical (unpaired) electrons. The number of hydrogen-bond donors (Lipinski definition) is 4. The summed E-state index contributed by atoms with van der Waals surface area (Å²) in [5.74, 6) is -2.65. The van der Waals surface area contributed by atoms with Gasteiger partial charge in [-0.15, -0.1) is 0 Å². The molecular weight excluding hydrogens is 724 g/mol. The van der Waals surface area contributed by atoms with Gasteiger partial charge in [0.15, 0.2) is 0 Å². The van der Waals surface area contributed by atoms with Crippen LogP contribution in [0.3, 0.4) is 0 Å². The standard InChI is InChI=1S/C36H48N6O11S/c1-20-9-6-7-10-22-17-36(22,32(45)41-54(48,49)35(2)13-14-35)40-29(43)25-16-23(18-42(25)31(44)28(38-34(46)47)21(15-20)19-50-3)53-33-37-24-11-8-12-26(51-4)27(24)30(39-33)52-5/h7-8,10-12,20-23,25,28,38H,6,9,13-19H2,1-5H3,(H,40,43)(H,41,45)(H,46,47)/b10-7-/t20-,21+,22-,23-,25+,28+,36-/m1/s1. The van der Waals surface area contributed by atoms with Gasteiger partial charge in [0.05, 0.1) is 37.6 Å². The molecule has 0 spiro atoms. The molecule has 7 atom stereocenters. The fraction of sp³-hybridized carbons (Fsp3) is 0.611. The Balaban J connectivity index is 1.36. The minimum atomic E-state index is -4.03. The summed E-state index contributed by atoms with van der Waals surface area (Å²) in [5.41, 5.74) is -1.13. The van der Waals surface area contributed by atoms with Gasteiger partial charge < -0.3 is 39.6 Å². The van der Waals surface area contributed by atoms with Crippen LogP contribution in [0.2, 0.25) is 0 Å². The number of nitrogens with one attached hydrogen (secondary N) is 3. The summed E-state index contributed by atoms with van der Waals surface area (Å²) in [6.07, 6.45) is 4.04. The van der Waals surface area contributed by atoms with E-state index in [1.165, 1.54) is 26.2 Å². The molecular formula is C36H48N6O11S. The lowest BCUT2D eigenvalue weighted by molar-refractivity contribution is -0.142. The van der Waals surface area contributed by atoms with Crippen molar-refractivity contribution in [2.75, 3.05) is 34.5 Å². The largest absolute Gasteiger partial charge is 0.496 e. The van der Waals surface area contributed by atoms with Crippen LogP contribution in [0.1, 0.15) is 58.8 Å². The second-order valence-corrected chi connectivity index (χ2v) is 17.2. The number of nitrogens with zero attached hydrogens (tertiary/aromatic N) is 3. The van der Waals surface area contributed by atoms with E-state index in [0.29, 0.717) is 48.8 Å². The highest BCUT2D eigenvalue weighted by Crippen LogP contribution is 2.47. The lowest BCUT2D eigenvalue weighted by Gasteiger charge is -2.33. The molecule has 2 aromatic rings. The number of carbonyl (C=O) groups is 4. The van der Waals surface area contributed by atoms with E-state index in [4.69, 9.17) is 18.9 Å². The predicted octanol–water partition coefficient (Wildman–Crippen LogP) is 2.14. The van der Waals surface area contributed by atoms with Crippen LogP contribution < -0.4 is 29.6 Å². The number of allylic oxidation sites excluding steroid dienone is 1. The molecule has 4 aliphatic rings. The number of carbonyl (C=O) groups excluding carboxylic acids is 3. The highest BCUT2D eigenvalue weighted by atomic mass is 32.2. The van der Waals surface area contributed by atoms with Gasteiger partial charge in [0.1, 0.15) is 34.9 Å². The van der Waals surface area contributed by atoms with Crippen molar-refractivity contribution in [3.05, 3.63) is 30.4 Å². The third-order valence-electron chi connectivity index (χ3n) is 11.1. The van der Waals surface area contributed by atoms with E-state index in [0.717, 1.165) is 0 Å². The first-order chi connectivity index (χ1) is 25.6. The normalized spacial score (nSPS) is 30.1. The van der Waals surface area contributed by atoms with Gasteiger partial charge in [-0.1, -0.05) is 25.1 Å². The van der Waals surface area contributed by atoms with Crippen LogP contribution in [-0.2, 0) is 29.1 Å². The monoisotopic (exact) mass is 772 g/mol. The van der Waals surface area contributed by atoms with Crippen molar-refractivity contribution in [1.29, 1.82) is 0 Å². The van der Waals surface area contributed by atoms with Crippen LogP contribution in [0, 0.1) is 17.8 Å². The van der Waals surface area contributed by atoms with Gasteiger partial charge in [-0.25, -0.2) is 13.2 Å². The molecule has 54 heavy (non-hydrogen) atoms. The number of benzene rings is 1. The van der Waals surface area contributed by atoms with Gasteiger partial charge >= 0.3 is 12.1 Å². The fourth-order valence-electron chi connectivity index (χ4n) is 7.54. The van der Waals surface area contributed by atoms with E-state index in [9.17, 15) is 32.7 Å². The molecule has 2 aliphatic carbocycles. The maximum atomic E-state index is 14.6. The number of rotatable bonds is 10. The lowest BCUT2D eigenvalue weighted by Crippen LogP contribution is -2.59. The molecule has 18 heteroatoms. The Morgan fingerprint density at radius 2 is 1.87 bits per heavy atom. The number of sulfonamides is 1. The average molecular weight is 773 g/mol. The summed E-state index contributed by atoms with van der Waals surface area (Å²) in [5, 5.41) is 15.6. The summed E-state index contributed by atoms with van der Waals surface area (Å²) in [6.45, 7) is 3.46. The van der Waals surface area contributed by atoms with Gasteiger partial charge in [0, 0.05) is 25.4 Å². The summed E-state index contributed by atoms with van der Waals surface area (Å²) in [7, 11) is 0.375. The van der Waals surface area contributed by atoms with Crippen molar-refractivity contribution in [3.8, 4) is 17.6 Å². The molecule has 2 saturated carbocycles. The number of fused-ring (bicyclic) bond motifs is 3. The third kappa shape index (κ3) is 7.76. The molecule has 1 saturated heterocycles. The van der Waals surface area contributed by atoms with Crippen LogP contribution in [0.15, 0.2) is 30.4 Å². The molecule has 2 aliphatic heterocycles. The minimum absolute atomic E-state index is 0.0337. The first kappa shape index (κ1) is 39.0. The van der Waals surface area contributed by atoms with Crippen molar-refractivity contribution in [2.45, 2.75) is 87.3 Å². The highest BCUT2D eigenvalue weighted by molar-refractivity contribution is 7.91. The quantitative estimate of drug-likeness (QED) is 0.255. The van der Waals surface area contributed by atoms with Gasteiger partial charge in [0.25, 0.3) is 5.91 Å². The van der Waals surface area contributed by atoms with Crippen LogP contribution in [-0.4, -0.2) is 115 Å². The van der Waals surface area contributed by atoms with Gasteiger partial charge in [-0.2, -0.15) is 9.97 Å². The number of hydrogen-bond acceptors (Lipinski definition) is 12. The van der Waals surface area contributed by atoms with Crippen molar-refractivity contribution in [2.24, 2.45) is 17.8 Å². The zero-order chi connectivity index (χ0) is 39.0. The number of ether oxygens (including phenoxy) is 4. The summed E-state index contributed by atoms with van der Waals surface area (Å²) in [6, 6.07) is 2.55. The van der Waals surface area contributed by atoms with E-state index < -0.39 is 74.1 Å². The molecule has 1 aromatic heterocycles. The Morgan fingerprint density at radius 1 is 1.11 bits per heavy atom. The zero-order valence-corrected chi connectivity index (χ0v) is 31.8. The average Bonchev–Trinajstić information content (AvgIpc) is 4.01. The fourth-order valence-corrected chi connectivity index (χ4v) is 8.85. The third-order valence-corrected chi connectivity index (χ3v) is 13.2. The molecule has 17 nitrogen and oxygen atoms in total.